The van der Waals surface area contributed by atoms with Gasteiger partial charge in [0.15, 0.2) is 11.5 Å². The van der Waals surface area contributed by atoms with Crippen LogP contribution in [0.4, 0.5) is 0 Å². The standard InChI is InChI=1S/C22H26O5/c1-12(23)26-19-10-14-4-5-16-15(17(14)11-20(19)27-13(2)24)8-9-22(3)18(16)6-7-21(22)25/h10-11,15-16,18H,4-9H2,1-3H3/t15-,16+,18-,22-/m0/s1. The minimum Gasteiger partial charge on any atom is -0.423 e. The summed E-state index contributed by atoms with van der Waals surface area (Å²) in [4.78, 5) is 35.4. The van der Waals surface area contributed by atoms with Gasteiger partial charge < -0.3 is 9.47 Å². The van der Waals surface area contributed by atoms with Gasteiger partial charge in [-0.25, -0.2) is 0 Å². The summed E-state index contributed by atoms with van der Waals surface area (Å²) in [5.41, 5.74) is 2.20. The second-order valence-corrected chi connectivity index (χ2v) is 8.52. The van der Waals surface area contributed by atoms with E-state index < -0.39 is 11.9 Å². The lowest BCUT2D eigenvalue weighted by Gasteiger charge is -2.48. The molecule has 1 aromatic rings. The zero-order valence-corrected chi connectivity index (χ0v) is 16.2. The highest BCUT2D eigenvalue weighted by Gasteiger charge is 2.54. The highest BCUT2D eigenvalue weighted by atomic mass is 16.6. The van der Waals surface area contributed by atoms with Crippen molar-refractivity contribution in [2.45, 2.75) is 65.2 Å². The predicted octanol–water partition coefficient (Wildman–Crippen LogP) is 3.96. The SMILES string of the molecule is CC(=O)Oc1cc2c(cc1OC(C)=O)[C@H]1CC[C@]3(C)C(=O)CC[C@H]3[C@@H]1CC2. The first kappa shape index (κ1) is 18.2. The Kier molecular flexibility index (Phi) is 4.36. The maximum Gasteiger partial charge on any atom is 0.308 e. The highest BCUT2D eigenvalue weighted by molar-refractivity contribution is 5.87. The van der Waals surface area contributed by atoms with E-state index >= 15 is 0 Å². The molecule has 0 aliphatic heterocycles. The molecule has 5 nitrogen and oxygen atoms in total. The molecule has 27 heavy (non-hydrogen) atoms. The molecule has 0 aromatic heterocycles. The van der Waals surface area contributed by atoms with Gasteiger partial charge in [-0.2, -0.15) is 0 Å². The number of aryl methyl sites for hydroxylation is 1. The fourth-order valence-corrected chi connectivity index (χ4v) is 5.82. The van der Waals surface area contributed by atoms with Crippen molar-refractivity contribution in [3.05, 3.63) is 23.3 Å². The van der Waals surface area contributed by atoms with Gasteiger partial charge in [-0.15, -0.1) is 0 Å². The lowest BCUT2D eigenvalue weighted by molar-refractivity contribution is -0.134. The van der Waals surface area contributed by atoms with Gasteiger partial charge in [0, 0.05) is 25.7 Å². The lowest BCUT2D eigenvalue weighted by Crippen LogP contribution is -2.42. The topological polar surface area (TPSA) is 69.7 Å². The van der Waals surface area contributed by atoms with Crippen LogP contribution in [-0.4, -0.2) is 17.7 Å². The normalized spacial score (nSPS) is 31.5. The van der Waals surface area contributed by atoms with Crippen LogP contribution in [0.1, 0.15) is 69.9 Å². The summed E-state index contributed by atoms with van der Waals surface area (Å²) in [6, 6.07) is 3.75. The maximum absolute atomic E-state index is 12.5. The number of ether oxygens (including phenoxy) is 2. The molecule has 0 N–H and O–H groups in total. The Hall–Kier alpha value is -2.17. The third-order valence-corrected chi connectivity index (χ3v) is 7.01. The van der Waals surface area contributed by atoms with Crippen molar-refractivity contribution in [2.75, 3.05) is 0 Å². The Bertz CT molecular complexity index is 826. The molecule has 4 atom stereocenters. The van der Waals surface area contributed by atoms with Gasteiger partial charge in [0.2, 0.25) is 0 Å². The third-order valence-electron chi connectivity index (χ3n) is 7.01. The van der Waals surface area contributed by atoms with Gasteiger partial charge in [0.1, 0.15) is 5.78 Å². The molecule has 0 amide bonds. The number of hydrogen-bond donors (Lipinski definition) is 0. The summed E-state index contributed by atoms with van der Waals surface area (Å²) in [5.74, 6) is 1.50. The highest BCUT2D eigenvalue weighted by Crippen LogP contribution is 2.60. The Morgan fingerprint density at radius 3 is 2.33 bits per heavy atom. The number of benzene rings is 1. The van der Waals surface area contributed by atoms with Crippen LogP contribution in [0.25, 0.3) is 0 Å². The van der Waals surface area contributed by atoms with E-state index in [0.29, 0.717) is 41.5 Å². The maximum atomic E-state index is 12.5. The summed E-state index contributed by atoms with van der Waals surface area (Å²) in [5, 5.41) is 0. The Morgan fingerprint density at radius 1 is 1.00 bits per heavy atom. The number of carbonyl (C=O) groups excluding carboxylic acids is 3. The molecule has 2 fully saturated rings. The van der Waals surface area contributed by atoms with Crippen molar-refractivity contribution in [3.63, 3.8) is 0 Å². The van der Waals surface area contributed by atoms with E-state index in [9.17, 15) is 14.4 Å². The average molecular weight is 370 g/mol. The summed E-state index contributed by atoms with van der Waals surface area (Å²) in [7, 11) is 0. The van der Waals surface area contributed by atoms with Crippen LogP contribution < -0.4 is 9.47 Å². The molecule has 144 valence electrons. The van der Waals surface area contributed by atoms with E-state index in [0.717, 1.165) is 37.7 Å². The van der Waals surface area contributed by atoms with E-state index in [2.05, 4.69) is 6.92 Å². The average Bonchev–Trinajstić information content (AvgIpc) is 2.89. The van der Waals surface area contributed by atoms with Crippen molar-refractivity contribution in [3.8, 4) is 11.5 Å². The van der Waals surface area contributed by atoms with Crippen molar-refractivity contribution < 1.29 is 23.9 Å². The second kappa shape index (κ2) is 6.47. The van der Waals surface area contributed by atoms with E-state index in [1.165, 1.54) is 19.4 Å². The van der Waals surface area contributed by atoms with Crippen LogP contribution in [0.15, 0.2) is 12.1 Å². The van der Waals surface area contributed by atoms with Crippen molar-refractivity contribution in [2.24, 2.45) is 17.3 Å². The summed E-state index contributed by atoms with van der Waals surface area (Å²) >= 11 is 0. The molecule has 0 bridgehead atoms. The number of rotatable bonds is 2. The molecule has 3 aliphatic rings. The molecule has 0 radical (unpaired) electrons. The van der Waals surface area contributed by atoms with E-state index in [1.54, 1.807) is 0 Å². The molecule has 4 rings (SSSR count). The number of fused-ring (bicyclic) bond motifs is 5. The number of esters is 2. The van der Waals surface area contributed by atoms with Crippen molar-refractivity contribution in [1.29, 1.82) is 0 Å². The van der Waals surface area contributed by atoms with Crippen molar-refractivity contribution in [1.82, 2.24) is 0 Å². The number of hydrogen-bond acceptors (Lipinski definition) is 5. The van der Waals surface area contributed by atoms with Gasteiger partial charge in [0.25, 0.3) is 0 Å². The molecule has 0 saturated heterocycles. The van der Waals surface area contributed by atoms with Gasteiger partial charge in [-0.05, 0) is 73.1 Å². The smallest absolute Gasteiger partial charge is 0.308 e. The largest absolute Gasteiger partial charge is 0.423 e. The molecule has 3 aliphatic carbocycles. The van der Waals surface area contributed by atoms with E-state index in [-0.39, 0.29) is 5.41 Å². The number of Topliss-reactive ketones (excluding diaryl/α,β-unsaturated/α-hetero) is 1. The van der Waals surface area contributed by atoms with Crippen LogP contribution in [-0.2, 0) is 20.8 Å². The number of carbonyl (C=O) groups is 3. The van der Waals surface area contributed by atoms with E-state index in [4.69, 9.17) is 9.47 Å². The molecule has 0 spiro atoms. The van der Waals surface area contributed by atoms with Gasteiger partial charge in [-0.1, -0.05) is 6.92 Å². The quantitative estimate of drug-likeness (QED) is 0.582. The van der Waals surface area contributed by atoms with Gasteiger partial charge >= 0.3 is 11.9 Å². The fourth-order valence-electron chi connectivity index (χ4n) is 5.82. The molecule has 0 unspecified atom stereocenters. The zero-order chi connectivity index (χ0) is 19.3. The van der Waals surface area contributed by atoms with Crippen LogP contribution in [0.3, 0.4) is 0 Å². The van der Waals surface area contributed by atoms with Crippen LogP contribution in [0.5, 0.6) is 11.5 Å². The third kappa shape index (κ3) is 2.97. The Balaban J connectivity index is 1.72. The van der Waals surface area contributed by atoms with Gasteiger partial charge in [-0.3, -0.25) is 14.4 Å². The Labute approximate surface area is 159 Å². The van der Waals surface area contributed by atoms with Crippen LogP contribution >= 0.6 is 0 Å². The molecular formula is C22H26O5. The molecule has 5 heteroatoms. The molecule has 0 heterocycles. The lowest BCUT2D eigenvalue weighted by atomic mass is 9.55. The fraction of sp³-hybridized carbons (Fsp3) is 0.591. The second-order valence-electron chi connectivity index (χ2n) is 8.52. The number of ketones is 1. The molecular weight excluding hydrogens is 344 g/mol. The predicted molar refractivity (Wildman–Crippen MR) is 98.7 cm³/mol. The summed E-state index contributed by atoms with van der Waals surface area (Å²) in [6.45, 7) is 4.84. The Morgan fingerprint density at radius 2 is 1.67 bits per heavy atom. The minimum absolute atomic E-state index is 0.158. The minimum atomic E-state index is -0.437. The molecule has 1 aromatic carbocycles. The monoisotopic (exact) mass is 370 g/mol. The van der Waals surface area contributed by atoms with Crippen LogP contribution in [0, 0.1) is 17.3 Å². The summed E-state index contributed by atoms with van der Waals surface area (Å²) < 4.78 is 10.6. The van der Waals surface area contributed by atoms with Gasteiger partial charge in [0.05, 0.1) is 0 Å². The molecule has 2 saturated carbocycles. The first-order valence-electron chi connectivity index (χ1n) is 9.86. The van der Waals surface area contributed by atoms with Crippen molar-refractivity contribution >= 4 is 17.7 Å². The zero-order valence-electron chi connectivity index (χ0n) is 16.2. The summed E-state index contributed by atoms with van der Waals surface area (Å²) in [6.07, 6.45) is 5.55. The first-order chi connectivity index (χ1) is 12.8. The van der Waals surface area contributed by atoms with E-state index in [1.807, 2.05) is 12.1 Å². The first-order valence-corrected chi connectivity index (χ1v) is 9.86. The van der Waals surface area contributed by atoms with Crippen LogP contribution in [0.2, 0.25) is 0 Å².